The molecule has 3 aromatic carbocycles. The predicted molar refractivity (Wildman–Crippen MR) is 107 cm³/mol. The van der Waals surface area contributed by atoms with Crippen molar-refractivity contribution in [2.24, 2.45) is 5.14 Å². The van der Waals surface area contributed by atoms with Gasteiger partial charge in [-0.15, -0.1) is 0 Å². The number of fused-ring (bicyclic) bond motifs is 1. The number of nitrogens with two attached hydrogens (primary N) is 1. The van der Waals surface area contributed by atoms with Crippen LogP contribution in [0.3, 0.4) is 0 Å². The van der Waals surface area contributed by atoms with Gasteiger partial charge in [0.25, 0.3) is 0 Å². The van der Waals surface area contributed by atoms with Crippen molar-refractivity contribution in [2.75, 3.05) is 0 Å². The minimum atomic E-state index is -3.73. The van der Waals surface area contributed by atoms with Gasteiger partial charge in [0.2, 0.25) is 10.0 Å². The van der Waals surface area contributed by atoms with Gasteiger partial charge in [-0.2, -0.15) is 0 Å². The molecule has 5 heteroatoms. The van der Waals surface area contributed by atoms with Crippen LogP contribution in [-0.2, 0) is 16.4 Å². The molecular formula is C22H19NO3S. The third kappa shape index (κ3) is 3.39. The van der Waals surface area contributed by atoms with Crippen LogP contribution in [0.2, 0.25) is 0 Å². The average molecular weight is 377 g/mol. The second-order valence-corrected chi connectivity index (χ2v) is 8.14. The van der Waals surface area contributed by atoms with Gasteiger partial charge in [0.1, 0.15) is 11.5 Å². The van der Waals surface area contributed by atoms with Crippen LogP contribution in [0.15, 0.2) is 77.7 Å². The lowest BCUT2D eigenvalue weighted by molar-refractivity contribution is 0.502. The number of hydrogen-bond acceptors (Lipinski definition) is 3. The topological polar surface area (TPSA) is 69.4 Å². The van der Waals surface area contributed by atoms with E-state index in [0.717, 1.165) is 45.8 Å². The predicted octanol–water partition coefficient (Wildman–Crippen LogP) is 4.15. The summed E-state index contributed by atoms with van der Waals surface area (Å²) in [6, 6.07) is 22.6. The summed E-state index contributed by atoms with van der Waals surface area (Å²) in [5, 5.41) is 5.22. The Bertz CT molecular complexity index is 1150. The average Bonchev–Trinajstić information content (AvgIpc) is 2.67. The van der Waals surface area contributed by atoms with Crippen molar-refractivity contribution in [1.82, 2.24) is 0 Å². The van der Waals surface area contributed by atoms with Gasteiger partial charge in [-0.25, -0.2) is 13.6 Å². The number of benzene rings is 3. The highest BCUT2D eigenvalue weighted by molar-refractivity contribution is 7.89. The lowest BCUT2D eigenvalue weighted by Crippen LogP contribution is -2.13. The van der Waals surface area contributed by atoms with E-state index < -0.39 is 10.0 Å². The molecule has 1 aliphatic heterocycles. The summed E-state index contributed by atoms with van der Waals surface area (Å²) in [6.45, 7) is 2.07. The zero-order valence-corrected chi connectivity index (χ0v) is 15.7. The van der Waals surface area contributed by atoms with Crippen LogP contribution in [0.25, 0.3) is 11.3 Å². The Balaban J connectivity index is 1.88. The van der Waals surface area contributed by atoms with Gasteiger partial charge in [0.05, 0.1) is 4.90 Å². The standard InChI is InChI=1S/C22H19NO3S/c1-15-6-2-4-8-19(15)20-14-17-7-3-5-9-21(17)26-22(20)16-10-12-18(13-11-16)27(23,24)25/h2-13H,14H2,1H3,(H2,23,24,25). The molecule has 0 amide bonds. The number of rotatable bonds is 3. The maximum atomic E-state index is 11.5. The van der Waals surface area contributed by atoms with E-state index in [2.05, 4.69) is 25.1 Å². The quantitative estimate of drug-likeness (QED) is 0.746. The normalized spacial score (nSPS) is 13.9. The van der Waals surface area contributed by atoms with E-state index in [1.165, 1.54) is 12.1 Å². The molecule has 0 saturated heterocycles. The number of sulfonamides is 1. The van der Waals surface area contributed by atoms with E-state index in [0.29, 0.717) is 0 Å². The van der Waals surface area contributed by atoms with Crippen LogP contribution >= 0.6 is 0 Å². The fourth-order valence-electron chi connectivity index (χ4n) is 3.35. The van der Waals surface area contributed by atoms with Gasteiger partial charge in [-0.1, -0.05) is 42.5 Å². The molecule has 0 aliphatic carbocycles. The minimum absolute atomic E-state index is 0.0838. The van der Waals surface area contributed by atoms with E-state index in [1.54, 1.807) is 12.1 Å². The van der Waals surface area contributed by atoms with Crippen LogP contribution in [0.4, 0.5) is 0 Å². The summed E-state index contributed by atoms with van der Waals surface area (Å²) in [5.74, 6) is 1.56. The lowest BCUT2D eigenvalue weighted by atomic mass is 9.90. The first-order chi connectivity index (χ1) is 12.9. The van der Waals surface area contributed by atoms with Crippen LogP contribution < -0.4 is 9.88 Å². The molecule has 0 radical (unpaired) electrons. The lowest BCUT2D eigenvalue weighted by Gasteiger charge is -2.25. The van der Waals surface area contributed by atoms with Crippen molar-refractivity contribution in [3.8, 4) is 5.75 Å². The molecule has 0 saturated carbocycles. The summed E-state index contributed by atoms with van der Waals surface area (Å²) in [7, 11) is -3.73. The molecule has 1 heterocycles. The van der Waals surface area contributed by atoms with Crippen molar-refractivity contribution in [3.63, 3.8) is 0 Å². The molecule has 0 atom stereocenters. The van der Waals surface area contributed by atoms with Crippen LogP contribution in [0.1, 0.15) is 22.3 Å². The Morgan fingerprint density at radius 1 is 0.889 bits per heavy atom. The molecule has 0 aromatic heterocycles. The molecule has 4 rings (SSSR count). The first kappa shape index (κ1) is 17.5. The molecule has 27 heavy (non-hydrogen) atoms. The molecule has 0 unspecified atom stereocenters. The summed E-state index contributed by atoms with van der Waals surface area (Å²) >= 11 is 0. The summed E-state index contributed by atoms with van der Waals surface area (Å²) in [6.07, 6.45) is 0.743. The third-order valence-corrected chi connectivity index (χ3v) is 5.67. The summed E-state index contributed by atoms with van der Waals surface area (Å²) in [5.41, 5.74) is 5.30. The molecule has 0 spiro atoms. The van der Waals surface area contributed by atoms with Gasteiger partial charge in [-0.3, -0.25) is 0 Å². The Morgan fingerprint density at radius 2 is 1.56 bits per heavy atom. The number of aryl methyl sites for hydroxylation is 1. The minimum Gasteiger partial charge on any atom is -0.456 e. The molecule has 136 valence electrons. The fourth-order valence-corrected chi connectivity index (χ4v) is 3.87. The van der Waals surface area contributed by atoms with E-state index in [9.17, 15) is 8.42 Å². The Morgan fingerprint density at radius 3 is 2.26 bits per heavy atom. The van der Waals surface area contributed by atoms with E-state index in [4.69, 9.17) is 9.88 Å². The zero-order valence-electron chi connectivity index (χ0n) is 14.8. The molecule has 2 N–H and O–H groups in total. The number of para-hydroxylation sites is 1. The summed E-state index contributed by atoms with van der Waals surface area (Å²) < 4.78 is 29.4. The Kier molecular flexibility index (Phi) is 4.34. The number of hydrogen-bond donors (Lipinski definition) is 1. The molecule has 3 aromatic rings. The largest absolute Gasteiger partial charge is 0.456 e. The molecule has 0 bridgehead atoms. The van der Waals surface area contributed by atoms with E-state index in [-0.39, 0.29) is 4.90 Å². The van der Waals surface area contributed by atoms with Crippen LogP contribution in [0, 0.1) is 6.92 Å². The first-order valence-electron chi connectivity index (χ1n) is 8.61. The second kappa shape index (κ2) is 6.68. The van der Waals surface area contributed by atoms with Crippen molar-refractivity contribution in [2.45, 2.75) is 18.2 Å². The SMILES string of the molecule is Cc1ccccc1C1=C(c2ccc(S(N)(=O)=O)cc2)Oc2ccccc2C1. The number of primary sulfonamides is 1. The van der Waals surface area contributed by atoms with Crippen molar-refractivity contribution in [1.29, 1.82) is 0 Å². The van der Waals surface area contributed by atoms with E-state index >= 15 is 0 Å². The van der Waals surface area contributed by atoms with Gasteiger partial charge < -0.3 is 4.74 Å². The number of allylic oxidation sites excluding steroid dienone is 1. The highest BCUT2D eigenvalue weighted by Gasteiger charge is 2.23. The van der Waals surface area contributed by atoms with Crippen molar-refractivity contribution in [3.05, 3.63) is 95.1 Å². The first-order valence-corrected chi connectivity index (χ1v) is 10.2. The van der Waals surface area contributed by atoms with E-state index in [1.807, 2.05) is 30.3 Å². The van der Waals surface area contributed by atoms with Crippen molar-refractivity contribution >= 4 is 21.4 Å². The summed E-state index contributed by atoms with van der Waals surface area (Å²) in [4.78, 5) is 0.0838. The van der Waals surface area contributed by atoms with Crippen LogP contribution in [-0.4, -0.2) is 8.42 Å². The van der Waals surface area contributed by atoms with Gasteiger partial charge in [0.15, 0.2) is 0 Å². The Labute approximate surface area is 159 Å². The monoisotopic (exact) mass is 377 g/mol. The molecule has 1 aliphatic rings. The maximum Gasteiger partial charge on any atom is 0.238 e. The molecule has 4 nitrogen and oxygen atoms in total. The van der Waals surface area contributed by atoms with Crippen molar-refractivity contribution < 1.29 is 13.2 Å². The maximum absolute atomic E-state index is 11.5. The fraction of sp³-hybridized carbons (Fsp3) is 0.0909. The zero-order chi connectivity index (χ0) is 19.0. The molecule has 0 fully saturated rings. The third-order valence-electron chi connectivity index (χ3n) is 4.74. The smallest absolute Gasteiger partial charge is 0.238 e. The Hall–Kier alpha value is -2.89. The number of ether oxygens (including phenoxy) is 1. The molecular weight excluding hydrogens is 358 g/mol. The van der Waals surface area contributed by atoms with Gasteiger partial charge in [0, 0.05) is 17.6 Å². The van der Waals surface area contributed by atoms with Crippen LogP contribution in [0.5, 0.6) is 5.75 Å². The highest BCUT2D eigenvalue weighted by atomic mass is 32.2. The highest BCUT2D eigenvalue weighted by Crippen LogP contribution is 2.39. The second-order valence-electron chi connectivity index (χ2n) is 6.58. The van der Waals surface area contributed by atoms with Gasteiger partial charge >= 0.3 is 0 Å². The van der Waals surface area contributed by atoms with Gasteiger partial charge in [-0.05, 0) is 53.9 Å².